The van der Waals surface area contributed by atoms with E-state index in [9.17, 15) is 5.11 Å². The summed E-state index contributed by atoms with van der Waals surface area (Å²) in [5, 5.41) is 11.0. The van der Waals surface area contributed by atoms with Gasteiger partial charge in [-0.1, -0.05) is 24.3 Å². The van der Waals surface area contributed by atoms with Crippen molar-refractivity contribution in [1.82, 2.24) is 9.55 Å². The average Bonchev–Trinajstić information content (AvgIpc) is 3.30. The summed E-state index contributed by atoms with van der Waals surface area (Å²) < 4.78 is 8.29. The molecular weight excluding hydrogens is 324 g/mol. The molecule has 0 spiro atoms. The second-order valence-corrected chi connectivity index (χ2v) is 8.41. The molecule has 1 N–H and O–H groups in total. The Morgan fingerprint density at radius 3 is 2.73 bits per heavy atom. The number of rotatable bonds is 6. The molecule has 2 unspecified atom stereocenters. The standard InChI is InChI=1S/C22H28N2O2/c25-22(16-7-9-17(10-8-16)26-13-15-5-6-15)11-20-18-3-1-2-4-19(18)21-12-23-14-24(20)21/h1-4,12,14-17,20,22,25H,5-11,13H2. The van der Waals surface area contributed by atoms with Gasteiger partial charge in [-0.15, -0.1) is 0 Å². The Balaban J connectivity index is 1.22. The monoisotopic (exact) mass is 352 g/mol. The van der Waals surface area contributed by atoms with E-state index in [2.05, 4.69) is 33.8 Å². The number of fused-ring (bicyclic) bond motifs is 3. The first-order valence-electron chi connectivity index (χ1n) is 10.2. The van der Waals surface area contributed by atoms with Crippen molar-refractivity contribution in [2.45, 2.75) is 63.2 Å². The zero-order valence-electron chi connectivity index (χ0n) is 15.3. The van der Waals surface area contributed by atoms with E-state index in [1.165, 1.54) is 29.7 Å². The summed E-state index contributed by atoms with van der Waals surface area (Å²) in [5.41, 5.74) is 3.76. The summed E-state index contributed by atoms with van der Waals surface area (Å²) in [4.78, 5) is 4.33. The van der Waals surface area contributed by atoms with Crippen LogP contribution in [0.2, 0.25) is 0 Å². The number of nitrogens with zero attached hydrogens (tertiary/aromatic N) is 2. The van der Waals surface area contributed by atoms with Gasteiger partial charge in [0.1, 0.15) is 0 Å². The van der Waals surface area contributed by atoms with E-state index in [0.29, 0.717) is 12.0 Å². The minimum absolute atomic E-state index is 0.211. The molecule has 1 aromatic carbocycles. The summed E-state index contributed by atoms with van der Waals surface area (Å²) in [6.07, 6.45) is 11.9. The van der Waals surface area contributed by atoms with Crippen molar-refractivity contribution < 1.29 is 9.84 Å². The summed E-state index contributed by atoms with van der Waals surface area (Å²) in [5.74, 6) is 1.24. The number of imidazole rings is 1. The normalized spacial score (nSPS) is 28.6. The SMILES string of the molecule is OC(CC1c2ccccc2-c2cncn21)C1CCC(OCC2CC2)CC1. The number of aliphatic hydroxyl groups excluding tert-OH is 1. The maximum atomic E-state index is 11.0. The first-order valence-corrected chi connectivity index (χ1v) is 10.2. The molecule has 0 radical (unpaired) electrons. The number of hydrogen-bond acceptors (Lipinski definition) is 3. The van der Waals surface area contributed by atoms with E-state index >= 15 is 0 Å². The van der Waals surface area contributed by atoms with Gasteiger partial charge in [0.15, 0.2) is 0 Å². The van der Waals surface area contributed by atoms with Crippen LogP contribution in [0.15, 0.2) is 36.8 Å². The maximum absolute atomic E-state index is 11.0. The Bertz CT molecular complexity index is 759. The summed E-state index contributed by atoms with van der Waals surface area (Å²) >= 11 is 0. The Kier molecular flexibility index (Phi) is 4.33. The molecule has 0 saturated heterocycles. The minimum atomic E-state index is -0.259. The lowest BCUT2D eigenvalue weighted by Crippen LogP contribution is -2.31. The van der Waals surface area contributed by atoms with Gasteiger partial charge in [0, 0.05) is 12.2 Å². The molecule has 1 aromatic heterocycles. The molecule has 2 atom stereocenters. The molecule has 138 valence electrons. The molecular formula is C22H28N2O2. The molecule has 2 fully saturated rings. The predicted molar refractivity (Wildman–Crippen MR) is 101 cm³/mol. The van der Waals surface area contributed by atoms with Crippen LogP contribution in [-0.4, -0.2) is 33.5 Å². The fourth-order valence-electron chi connectivity index (χ4n) is 4.79. The molecule has 2 saturated carbocycles. The first kappa shape index (κ1) is 16.5. The predicted octanol–water partition coefficient (Wildman–Crippen LogP) is 4.19. The molecule has 3 aliphatic rings. The highest BCUT2D eigenvalue weighted by atomic mass is 16.5. The molecule has 5 rings (SSSR count). The Morgan fingerprint density at radius 1 is 1.12 bits per heavy atom. The van der Waals surface area contributed by atoms with Crippen LogP contribution in [0, 0.1) is 11.8 Å². The fourth-order valence-corrected chi connectivity index (χ4v) is 4.79. The zero-order valence-corrected chi connectivity index (χ0v) is 15.3. The van der Waals surface area contributed by atoms with E-state index in [0.717, 1.165) is 44.6 Å². The van der Waals surface area contributed by atoms with Crippen LogP contribution >= 0.6 is 0 Å². The van der Waals surface area contributed by atoms with Gasteiger partial charge in [-0.25, -0.2) is 4.98 Å². The number of aliphatic hydroxyl groups is 1. The summed E-state index contributed by atoms with van der Waals surface area (Å²) in [6, 6.07) is 8.75. The number of ether oxygens (including phenoxy) is 1. The minimum Gasteiger partial charge on any atom is -0.393 e. The average molecular weight is 352 g/mol. The third-order valence-corrected chi connectivity index (χ3v) is 6.59. The number of benzene rings is 1. The van der Waals surface area contributed by atoms with Crippen molar-refractivity contribution in [2.75, 3.05) is 6.61 Å². The summed E-state index contributed by atoms with van der Waals surface area (Å²) in [6.45, 7) is 0.958. The van der Waals surface area contributed by atoms with E-state index < -0.39 is 0 Å². The van der Waals surface area contributed by atoms with Crippen LogP contribution in [0.3, 0.4) is 0 Å². The van der Waals surface area contributed by atoms with Crippen molar-refractivity contribution in [3.05, 3.63) is 42.4 Å². The van der Waals surface area contributed by atoms with Crippen molar-refractivity contribution in [2.24, 2.45) is 11.8 Å². The lowest BCUT2D eigenvalue weighted by atomic mass is 9.81. The Labute approximate surface area is 155 Å². The molecule has 26 heavy (non-hydrogen) atoms. The lowest BCUT2D eigenvalue weighted by molar-refractivity contribution is -0.0120. The molecule has 2 aliphatic carbocycles. The van der Waals surface area contributed by atoms with Crippen LogP contribution in [0.1, 0.15) is 56.6 Å². The highest BCUT2D eigenvalue weighted by Gasteiger charge is 2.34. The van der Waals surface area contributed by atoms with Gasteiger partial charge in [-0.2, -0.15) is 0 Å². The van der Waals surface area contributed by atoms with Crippen molar-refractivity contribution in [1.29, 1.82) is 0 Å². The lowest BCUT2D eigenvalue weighted by Gasteiger charge is -2.32. The highest BCUT2D eigenvalue weighted by molar-refractivity contribution is 5.68. The third-order valence-electron chi connectivity index (χ3n) is 6.59. The third kappa shape index (κ3) is 3.10. The van der Waals surface area contributed by atoms with Crippen LogP contribution < -0.4 is 0 Å². The van der Waals surface area contributed by atoms with E-state index in [-0.39, 0.29) is 12.1 Å². The first-order chi connectivity index (χ1) is 12.8. The Hall–Kier alpha value is -1.65. The van der Waals surface area contributed by atoms with Gasteiger partial charge in [0.2, 0.25) is 0 Å². The second kappa shape index (κ2) is 6.82. The number of aromatic nitrogens is 2. The molecule has 1 aliphatic heterocycles. The second-order valence-electron chi connectivity index (χ2n) is 8.41. The topological polar surface area (TPSA) is 47.3 Å². The van der Waals surface area contributed by atoms with Gasteiger partial charge in [0.05, 0.1) is 36.5 Å². The smallest absolute Gasteiger partial charge is 0.0956 e. The van der Waals surface area contributed by atoms with E-state index in [1.54, 1.807) is 0 Å². The molecule has 2 aromatic rings. The van der Waals surface area contributed by atoms with E-state index in [4.69, 9.17) is 4.74 Å². The van der Waals surface area contributed by atoms with Crippen LogP contribution in [0.5, 0.6) is 0 Å². The van der Waals surface area contributed by atoms with Crippen molar-refractivity contribution in [3.8, 4) is 11.3 Å². The molecule has 4 nitrogen and oxygen atoms in total. The quantitative estimate of drug-likeness (QED) is 0.848. The molecule has 4 heteroatoms. The van der Waals surface area contributed by atoms with Crippen LogP contribution in [0.4, 0.5) is 0 Å². The van der Waals surface area contributed by atoms with Gasteiger partial charge >= 0.3 is 0 Å². The van der Waals surface area contributed by atoms with Gasteiger partial charge in [-0.3, -0.25) is 0 Å². The largest absolute Gasteiger partial charge is 0.393 e. The fraction of sp³-hybridized carbons (Fsp3) is 0.591. The molecule has 2 heterocycles. The van der Waals surface area contributed by atoms with Crippen LogP contribution in [-0.2, 0) is 4.74 Å². The van der Waals surface area contributed by atoms with E-state index in [1.807, 2.05) is 12.5 Å². The molecule has 0 bridgehead atoms. The van der Waals surface area contributed by atoms with Gasteiger partial charge < -0.3 is 14.4 Å². The van der Waals surface area contributed by atoms with Gasteiger partial charge in [-0.05, 0) is 62.3 Å². The zero-order chi connectivity index (χ0) is 17.5. The highest BCUT2D eigenvalue weighted by Crippen LogP contribution is 2.43. The van der Waals surface area contributed by atoms with Crippen molar-refractivity contribution in [3.63, 3.8) is 0 Å². The maximum Gasteiger partial charge on any atom is 0.0956 e. The number of hydrogen-bond donors (Lipinski definition) is 1. The van der Waals surface area contributed by atoms with Crippen LogP contribution in [0.25, 0.3) is 11.3 Å². The summed E-state index contributed by atoms with van der Waals surface area (Å²) in [7, 11) is 0. The molecule has 0 amide bonds. The Morgan fingerprint density at radius 2 is 1.92 bits per heavy atom. The van der Waals surface area contributed by atoms with Crippen molar-refractivity contribution >= 4 is 0 Å². The van der Waals surface area contributed by atoms with Gasteiger partial charge in [0.25, 0.3) is 0 Å².